The van der Waals surface area contributed by atoms with E-state index in [2.05, 4.69) is 14.8 Å². The zero-order chi connectivity index (χ0) is 24.3. The first-order valence-corrected chi connectivity index (χ1v) is 9.67. The van der Waals surface area contributed by atoms with Crippen molar-refractivity contribution in [1.29, 1.82) is 0 Å². The highest BCUT2D eigenvalue weighted by Crippen LogP contribution is 2.31. The van der Waals surface area contributed by atoms with Gasteiger partial charge in [0, 0.05) is 17.7 Å². The van der Waals surface area contributed by atoms with Crippen molar-refractivity contribution >= 4 is 5.97 Å². The fourth-order valence-electron chi connectivity index (χ4n) is 3.10. The van der Waals surface area contributed by atoms with Crippen molar-refractivity contribution in [2.45, 2.75) is 13.0 Å². The van der Waals surface area contributed by atoms with Crippen molar-refractivity contribution in [2.75, 3.05) is 0 Å². The van der Waals surface area contributed by atoms with Crippen LogP contribution in [0.2, 0.25) is 0 Å². The van der Waals surface area contributed by atoms with Crippen LogP contribution < -0.4 is 4.74 Å². The third kappa shape index (κ3) is 5.55. The number of nitrogens with zero attached hydrogens (tertiary/aromatic N) is 3. The Labute approximate surface area is 189 Å². The molecule has 34 heavy (non-hydrogen) atoms. The minimum Gasteiger partial charge on any atom is -0.456 e. The Bertz CT molecular complexity index is 1320. The van der Waals surface area contributed by atoms with E-state index < -0.39 is 29.7 Å². The summed E-state index contributed by atoms with van der Waals surface area (Å²) in [5, 5.41) is 4.09. The number of hydrogen-bond donors (Lipinski definition) is 0. The maximum absolute atomic E-state index is 14.1. The average molecular weight is 475 g/mol. The molecule has 0 aliphatic carbocycles. The van der Waals surface area contributed by atoms with Gasteiger partial charge in [-0.2, -0.15) is 5.10 Å². The number of aromatic nitrogens is 3. The van der Waals surface area contributed by atoms with E-state index in [0.29, 0.717) is 11.6 Å². The first-order chi connectivity index (χ1) is 16.2. The van der Waals surface area contributed by atoms with Gasteiger partial charge in [0.1, 0.15) is 24.0 Å². The Kier molecular flexibility index (Phi) is 6.26. The van der Waals surface area contributed by atoms with Crippen molar-refractivity contribution < 1.29 is 36.2 Å². The minimum absolute atomic E-state index is 0.0226. The fraction of sp³-hybridized carbons (Fsp3) is 0.0870. The van der Waals surface area contributed by atoms with Crippen LogP contribution in [0.25, 0.3) is 16.9 Å². The molecule has 4 rings (SSSR count). The molecule has 0 aliphatic heterocycles. The van der Waals surface area contributed by atoms with Gasteiger partial charge >= 0.3 is 12.3 Å². The van der Waals surface area contributed by atoms with E-state index in [0.717, 1.165) is 29.1 Å². The summed E-state index contributed by atoms with van der Waals surface area (Å²) in [6.45, 7) is -0.0626. The second-order valence-corrected chi connectivity index (χ2v) is 6.97. The Balaban J connectivity index is 1.74. The van der Waals surface area contributed by atoms with E-state index in [9.17, 15) is 26.7 Å². The summed E-state index contributed by atoms with van der Waals surface area (Å²) in [5.41, 5.74) is 0.380. The van der Waals surface area contributed by atoms with Gasteiger partial charge in [-0.3, -0.25) is 4.98 Å². The third-order valence-electron chi connectivity index (χ3n) is 4.47. The molecule has 2 aromatic heterocycles. The Morgan fingerprint density at radius 2 is 1.71 bits per heavy atom. The number of benzene rings is 2. The number of pyridine rings is 1. The molecule has 0 N–H and O–H groups in total. The highest BCUT2D eigenvalue weighted by atomic mass is 19.4. The quantitative estimate of drug-likeness (QED) is 0.273. The van der Waals surface area contributed by atoms with Gasteiger partial charge in [0.15, 0.2) is 5.69 Å². The number of rotatable bonds is 6. The van der Waals surface area contributed by atoms with Crippen LogP contribution in [0.15, 0.2) is 73.1 Å². The molecule has 0 saturated carbocycles. The molecule has 0 spiro atoms. The van der Waals surface area contributed by atoms with Crippen LogP contribution in [0, 0.1) is 11.6 Å². The van der Waals surface area contributed by atoms with Gasteiger partial charge in [-0.15, -0.1) is 13.2 Å². The molecule has 6 nitrogen and oxygen atoms in total. The molecule has 0 radical (unpaired) electrons. The highest BCUT2D eigenvalue weighted by Gasteiger charge is 2.31. The summed E-state index contributed by atoms with van der Waals surface area (Å²) in [7, 11) is 0. The first-order valence-electron chi connectivity index (χ1n) is 9.67. The number of halogens is 5. The number of ether oxygens (including phenoxy) is 2. The van der Waals surface area contributed by atoms with E-state index >= 15 is 0 Å². The lowest BCUT2D eigenvalue weighted by atomic mass is 10.1. The lowest BCUT2D eigenvalue weighted by Gasteiger charge is -2.12. The molecule has 0 saturated heterocycles. The maximum atomic E-state index is 14.1. The van der Waals surface area contributed by atoms with E-state index in [-0.39, 0.29) is 29.2 Å². The van der Waals surface area contributed by atoms with Crippen molar-refractivity contribution in [3.05, 3.63) is 95.9 Å². The number of esters is 1. The SMILES string of the molecule is O=C(OCc1ccccc1)c1cc(-c2cc(F)cc(OC(F)(F)F)c2)n(-c2cncc(F)c2)n1. The molecule has 0 bridgehead atoms. The Morgan fingerprint density at radius 3 is 2.41 bits per heavy atom. The van der Waals surface area contributed by atoms with E-state index in [1.807, 2.05) is 0 Å². The van der Waals surface area contributed by atoms with Gasteiger partial charge in [0.25, 0.3) is 0 Å². The zero-order valence-electron chi connectivity index (χ0n) is 17.1. The second-order valence-electron chi connectivity index (χ2n) is 6.97. The van der Waals surface area contributed by atoms with Gasteiger partial charge in [-0.05, 0) is 23.8 Å². The summed E-state index contributed by atoms with van der Waals surface area (Å²) in [6.07, 6.45) is -2.91. The van der Waals surface area contributed by atoms with Gasteiger partial charge in [-0.25, -0.2) is 18.3 Å². The minimum atomic E-state index is -5.05. The summed E-state index contributed by atoms with van der Waals surface area (Å²) >= 11 is 0. The predicted octanol–water partition coefficient (Wildman–Crippen LogP) is 5.47. The normalized spacial score (nSPS) is 11.3. The van der Waals surface area contributed by atoms with Crippen molar-refractivity contribution in [1.82, 2.24) is 14.8 Å². The molecule has 0 aliphatic rings. The lowest BCUT2D eigenvalue weighted by molar-refractivity contribution is -0.274. The molecule has 0 atom stereocenters. The van der Waals surface area contributed by atoms with Crippen LogP contribution in [0.3, 0.4) is 0 Å². The second kappa shape index (κ2) is 9.30. The smallest absolute Gasteiger partial charge is 0.456 e. The summed E-state index contributed by atoms with van der Waals surface area (Å²) in [6, 6.07) is 13.4. The molecular weight excluding hydrogens is 461 g/mol. The van der Waals surface area contributed by atoms with E-state index in [4.69, 9.17) is 4.74 Å². The Morgan fingerprint density at radius 1 is 0.941 bits per heavy atom. The number of carbonyl (C=O) groups excluding carboxylic acids is 1. The molecule has 0 fully saturated rings. The van der Waals surface area contributed by atoms with Gasteiger partial charge in [0.2, 0.25) is 0 Å². The third-order valence-corrected chi connectivity index (χ3v) is 4.47. The van der Waals surface area contributed by atoms with Crippen molar-refractivity contribution in [2.24, 2.45) is 0 Å². The van der Waals surface area contributed by atoms with Gasteiger partial charge in [0.05, 0.1) is 23.8 Å². The molecule has 2 heterocycles. The van der Waals surface area contributed by atoms with E-state index in [1.165, 1.54) is 12.3 Å². The molecule has 0 unspecified atom stereocenters. The largest absolute Gasteiger partial charge is 0.573 e. The summed E-state index contributed by atoms with van der Waals surface area (Å²) < 4.78 is 76.0. The lowest BCUT2D eigenvalue weighted by Crippen LogP contribution is -2.17. The van der Waals surface area contributed by atoms with Crippen LogP contribution in [0.1, 0.15) is 16.1 Å². The van der Waals surface area contributed by atoms with Crippen LogP contribution in [-0.4, -0.2) is 27.1 Å². The molecule has 4 aromatic rings. The summed E-state index contributed by atoms with van der Waals surface area (Å²) in [5.74, 6) is -3.43. The molecule has 0 amide bonds. The number of hydrogen-bond acceptors (Lipinski definition) is 5. The van der Waals surface area contributed by atoms with Crippen LogP contribution >= 0.6 is 0 Å². The average Bonchev–Trinajstić information content (AvgIpc) is 3.22. The number of carbonyl (C=O) groups is 1. The summed E-state index contributed by atoms with van der Waals surface area (Å²) in [4.78, 5) is 16.3. The monoisotopic (exact) mass is 475 g/mol. The molecule has 2 aromatic carbocycles. The first kappa shape index (κ1) is 22.9. The van der Waals surface area contributed by atoms with Crippen molar-refractivity contribution in [3.8, 4) is 22.7 Å². The highest BCUT2D eigenvalue weighted by molar-refractivity contribution is 5.89. The van der Waals surface area contributed by atoms with E-state index in [1.54, 1.807) is 30.3 Å². The van der Waals surface area contributed by atoms with Gasteiger partial charge < -0.3 is 9.47 Å². The maximum Gasteiger partial charge on any atom is 0.573 e. The van der Waals surface area contributed by atoms with Crippen LogP contribution in [-0.2, 0) is 11.3 Å². The van der Waals surface area contributed by atoms with Crippen LogP contribution in [0.5, 0.6) is 5.75 Å². The molecule has 174 valence electrons. The fourth-order valence-corrected chi connectivity index (χ4v) is 3.10. The van der Waals surface area contributed by atoms with Crippen LogP contribution in [0.4, 0.5) is 22.0 Å². The molecule has 11 heteroatoms. The zero-order valence-corrected chi connectivity index (χ0v) is 17.1. The molecular formula is C23H14F5N3O3. The number of alkyl halides is 3. The van der Waals surface area contributed by atoms with Crippen molar-refractivity contribution in [3.63, 3.8) is 0 Å². The Hall–Kier alpha value is -4.28. The standard InChI is InChI=1S/C23H14F5N3O3/c24-16-6-15(7-19(9-16)34-23(26,27)28)21-10-20(22(32)33-13-14-4-2-1-3-5-14)30-31(21)18-8-17(25)11-29-12-18/h1-12H,13H2. The van der Waals surface area contributed by atoms with Gasteiger partial charge in [-0.1, -0.05) is 30.3 Å². The predicted molar refractivity (Wildman–Crippen MR) is 109 cm³/mol. The topological polar surface area (TPSA) is 66.2 Å².